The van der Waals surface area contributed by atoms with Gasteiger partial charge in [-0.2, -0.15) is 5.10 Å². The van der Waals surface area contributed by atoms with Gasteiger partial charge in [0.15, 0.2) is 0 Å². The molecule has 0 radical (unpaired) electrons. The third kappa shape index (κ3) is 3.23. The SMILES string of the molecule is Cc1cn(C)c([C@@H]2CCCN(C(=O)c3cc(C(C)(C)C)[nH]n3)C2)n1. The second-order valence-electron chi connectivity index (χ2n) is 7.86. The third-order valence-electron chi connectivity index (χ3n) is 4.71. The molecule has 2 aromatic heterocycles. The predicted molar refractivity (Wildman–Crippen MR) is 93.1 cm³/mol. The number of carbonyl (C=O) groups excluding carboxylic acids is 1. The van der Waals surface area contributed by atoms with Crippen molar-refractivity contribution in [3.8, 4) is 0 Å². The Morgan fingerprint density at radius 2 is 2.12 bits per heavy atom. The van der Waals surface area contributed by atoms with Crippen molar-refractivity contribution in [3.05, 3.63) is 35.2 Å². The average Bonchev–Trinajstić information content (AvgIpc) is 3.13. The van der Waals surface area contributed by atoms with Gasteiger partial charge in [0, 0.05) is 43.4 Å². The summed E-state index contributed by atoms with van der Waals surface area (Å²) in [5, 5.41) is 7.25. The van der Waals surface area contributed by atoms with Crippen LogP contribution in [0.2, 0.25) is 0 Å². The summed E-state index contributed by atoms with van der Waals surface area (Å²) in [5.74, 6) is 1.38. The van der Waals surface area contributed by atoms with Crippen LogP contribution in [0.5, 0.6) is 0 Å². The molecule has 1 amide bonds. The van der Waals surface area contributed by atoms with Gasteiger partial charge in [-0.1, -0.05) is 20.8 Å². The maximum Gasteiger partial charge on any atom is 0.274 e. The Kier molecular flexibility index (Phi) is 4.24. The van der Waals surface area contributed by atoms with E-state index in [0.29, 0.717) is 18.2 Å². The molecule has 1 saturated heterocycles. The smallest absolute Gasteiger partial charge is 0.274 e. The highest BCUT2D eigenvalue weighted by Gasteiger charge is 2.29. The molecule has 2 aromatic rings. The largest absolute Gasteiger partial charge is 0.337 e. The van der Waals surface area contributed by atoms with Crippen LogP contribution in [-0.4, -0.2) is 43.6 Å². The number of hydrogen-bond acceptors (Lipinski definition) is 3. The Labute approximate surface area is 143 Å². The lowest BCUT2D eigenvalue weighted by molar-refractivity contribution is 0.0697. The monoisotopic (exact) mass is 329 g/mol. The van der Waals surface area contributed by atoms with Gasteiger partial charge in [0.25, 0.3) is 5.91 Å². The Balaban J connectivity index is 1.76. The fourth-order valence-corrected chi connectivity index (χ4v) is 3.36. The van der Waals surface area contributed by atoms with Gasteiger partial charge in [0.2, 0.25) is 0 Å². The molecule has 1 fully saturated rings. The second kappa shape index (κ2) is 6.07. The van der Waals surface area contributed by atoms with Gasteiger partial charge in [-0.25, -0.2) is 4.98 Å². The number of carbonyl (C=O) groups is 1. The number of likely N-dealkylation sites (tertiary alicyclic amines) is 1. The first kappa shape index (κ1) is 16.7. The Morgan fingerprint density at radius 1 is 1.38 bits per heavy atom. The summed E-state index contributed by atoms with van der Waals surface area (Å²) in [6, 6.07) is 1.89. The van der Waals surface area contributed by atoms with E-state index in [1.54, 1.807) is 0 Å². The number of aromatic nitrogens is 4. The van der Waals surface area contributed by atoms with Crippen LogP contribution in [0.4, 0.5) is 0 Å². The normalized spacial score (nSPS) is 18.9. The average molecular weight is 329 g/mol. The summed E-state index contributed by atoms with van der Waals surface area (Å²) in [4.78, 5) is 19.4. The van der Waals surface area contributed by atoms with Crippen LogP contribution in [0.1, 0.15) is 67.2 Å². The molecule has 130 valence electrons. The minimum atomic E-state index is -0.0412. The van der Waals surface area contributed by atoms with E-state index >= 15 is 0 Å². The molecule has 6 nitrogen and oxygen atoms in total. The second-order valence-corrected chi connectivity index (χ2v) is 7.86. The molecule has 24 heavy (non-hydrogen) atoms. The van der Waals surface area contributed by atoms with E-state index in [9.17, 15) is 4.79 Å². The molecule has 3 heterocycles. The number of nitrogens with one attached hydrogen (secondary N) is 1. The van der Waals surface area contributed by atoms with Crippen molar-refractivity contribution >= 4 is 5.91 Å². The molecular weight excluding hydrogens is 302 g/mol. The van der Waals surface area contributed by atoms with Crippen LogP contribution in [0.25, 0.3) is 0 Å². The number of aryl methyl sites for hydroxylation is 2. The van der Waals surface area contributed by atoms with Crippen LogP contribution in [0, 0.1) is 6.92 Å². The van der Waals surface area contributed by atoms with Crippen LogP contribution in [-0.2, 0) is 12.5 Å². The van der Waals surface area contributed by atoms with Gasteiger partial charge in [-0.05, 0) is 25.8 Å². The summed E-state index contributed by atoms with van der Waals surface area (Å²) in [6.45, 7) is 9.82. The Morgan fingerprint density at radius 3 is 2.71 bits per heavy atom. The highest BCUT2D eigenvalue weighted by atomic mass is 16.2. The molecule has 1 N–H and O–H groups in total. The fraction of sp³-hybridized carbons (Fsp3) is 0.611. The van der Waals surface area contributed by atoms with Gasteiger partial charge in [-0.3, -0.25) is 9.89 Å². The van der Waals surface area contributed by atoms with Crippen molar-refractivity contribution in [1.29, 1.82) is 0 Å². The predicted octanol–water partition coefficient (Wildman–Crippen LogP) is 2.77. The maximum atomic E-state index is 12.8. The summed E-state index contributed by atoms with van der Waals surface area (Å²) in [5.41, 5.74) is 2.48. The molecule has 6 heteroatoms. The zero-order chi connectivity index (χ0) is 17.5. The molecule has 0 saturated carbocycles. The van der Waals surface area contributed by atoms with Crippen molar-refractivity contribution in [3.63, 3.8) is 0 Å². The number of hydrogen-bond donors (Lipinski definition) is 1. The van der Waals surface area contributed by atoms with E-state index in [2.05, 4.69) is 40.5 Å². The van der Waals surface area contributed by atoms with Gasteiger partial charge in [0.1, 0.15) is 11.5 Å². The van der Waals surface area contributed by atoms with Crippen molar-refractivity contribution in [2.75, 3.05) is 13.1 Å². The lowest BCUT2D eigenvalue weighted by atomic mass is 9.92. The van der Waals surface area contributed by atoms with Crippen molar-refractivity contribution in [1.82, 2.24) is 24.6 Å². The quantitative estimate of drug-likeness (QED) is 0.921. The molecule has 1 aliphatic heterocycles. The van der Waals surface area contributed by atoms with Gasteiger partial charge < -0.3 is 9.47 Å². The Bertz CT molecular complexity index is 737. The molecule has 0 spiro atoms. The molecule has 0 aromatic carbocycles. The summed E-state index contributed by atoms with van der Waals surface area (Å²) >= 11 is 0. The van der Waals surface area contributed by atoms with Gasteiger partial charge in [0.05, 0.1) is 5.69 Å². The number of aromatic amines is 1. The standard InChI is InChI=1S/C18H27N5O/c1-12-10-22(5)16(19-12)13-7-6-8-23(11-13)17(24)14-9-15(21-20-14)18(2,3)4/h9-10,13H,6-8,11H2,1-5H3,(H,20,21)/t13-/m1/s1. The van der Waals surface area contributed by atoms with Gasteiger partial charge in [-0.15, -0.1) is 0 Å². The number of H-pyrrole nitrogens is 1. The number of rotatable bonds is 2. The van der Waals surface area contributed by atoms with E-state index in [1.807, 2.05) is 31.1 Å². The number of nitrogens with zero attached hydrogens (tertiary/aromatic N) is 4. The highest BCUT2D eigenvalue weighted by molar-refractivity contribution is 5.92. The topological polar surface area (TPSA) is 66.8 Å². The number of amides is 1. The summed E-state index contributed by atoms with van der Waals surface area (Å²) < 4.78 is 2.08. The van der Waals surface area contributed by atoms with Crippen LogP contribution < -0.4 is 0 Å². The first-order valence-electron chi connectivity index (χ1n) is 8.60. The number of piperidine rings is 1. The van der Waals surface area contributed by atoms with Crippen LogP contribution >= 0.6 is 0 Å². The molecule has 0 unspecified atom stereocenters. The fourth-order valence-electron chi connectivity index (χ4n) is 3.36. The van der Waals surface area contributed by atoms with Crippen molar-refractivity contribution in [2.45, 2.75) is 51.9 Å². The minimum absolute atomic E-state index is 0.0115. The van der Waals surface area contributed by atoms with E-state index < -0.39 is 0 Å². The molecule has 0 bridgehead atoms. The van der Waals surface area contributed by atoms with Crippen LogP contribution in [0.3, 0.4) is 0 Å². The highest BCUT2D eigenvalue weighted by Crippen LogP contribution is 2.27. The molecule has 1 aliphatic rings. The molecule has 3 rings (SSSR count). The summed E-state index contributed by atoms with van der Waals surface area (Å²) in [6.07, 6.45) is 4.11. The molecule has 0 aliphatic carbocycles. The molecular formula is C18H27N5O. The Hall–Kier alpha value is -2.11. The van der Waals surface area contributed by atoms with E-state index in [1.165, 1.54) is 0 Å². The van der Waals surface area contributed by atoms with Crippen LogP contribution in [0.15, 0.2) is 12.3 Å². The first-order valence-corrected chi connectivity index (χ1v) is 8.60. The zero-order valence-electron chi connectivity index (χ0n) is 15.3. The lowest BCUT2D eigenvalue weighted by Gasteiger charge is -2.32. The van der Waals surface area contributed by atoms with E-state index in [-0.39, 0.29) is 11.3 Å². The van der Waals surface area contributed by atoms with Crippen molar-refractivity contribution in [2.24, 2.45) is 7.05 Å². The zero-order valence-corrected chi connectivity index (χ0v) is 15.3. The molecule has 1 atom stereocenters. The number of imidazole rings is 1. The van der Waals surface area contributed by atoms with Gasteiger partial charge >= 0.3 is 0 Å². The third-order valence-corrected chi connectivity index (χ3v) is 4.71. The maximum absolute atomic E-state index is 12.8. The van der Waals surface area contributed by atoms with Crippen molar-refractivity contribution < 1.29 is 4.79 Å². The van der Waals surface area contributed by atoms with E-state index in [0.717, 1.165) is 36.6 Å². The van der Waals surface area contributed by atoms with E-state index in [4.69, 9.17) is 0 Å². The lowest BCUT2D eigenvalue weighted by Crippen LogP contribution is -2.39. The minimum Gasteiger partial charge on any atom is -0.337 e. The first-order chi connectivity index (χ1) is 11.3. The summed E-state index contributed by atoms with van der Waals surface area (Å²) in [7, 11) is 2.03.